The van der Waals surface area contributed by atoms with E-state index in [1.54, 1.807) is 23.9 Å². The Morgan fingerprint density at radius 2 is 1.89 bits per heavy atom. The van der Waals surface area contributed by atoms with Crippen LogP contribution in [0.4, 0.5) is 0 Å². The van der Waals surface area contributed by atoms with Crippen LogP contribution in [0.15, 0.2) is 72.1 Å². The predicted octanol–water partition coefficient (Wildman–Crippen LogP) is 3.44. The summed E-state index contributed by atoms with van der Waals surface area (Å²) in [6.07, 6.45) is 1.63. The number of carbonyl (C=O) groups is 1. The molecule has 2 N–H and O–H groups in total. The van der Waals surface area contributed by atoms with Crippen LogP contribution >= 0.6 is 0 Å². The van der Waals surface area contributed by atoms with Crippen molar-refractivity contribution in [2.24, 2.45) is 5.10 Å². The summed E-state index contributed by atoms with van der Waals surface area (Å²) in [5.41, 5.74) is 5.39. The van der Waals surface area contributed by atoms with Gasteiger partial charge in [-0.15, -0.1) is 0 Å². The lowest BCUT2D eigenvalue weighted by molar-refractivity contribution is -0.121. The molecule has 0 radical (unpaired) electrons. The second-order valence-electron chi connectivity index (χ2n) is 6.28. The van der Waals surface area contributed by atoms with Gasteiger partial charge in [0.1, 0.15) is 12.3 Å². The smallest absolute Gasteiger partial charge is 0.260 e. The fraction of sp³-hybridized carbons (Fsp3) is 0.0952. The molecule has 0 saturated carbocycles. The third kappa shape index (κ3) is 3.25. The number of phenols is 1. The van der Waals surface area contributed by atoms with E-state index in [2.05, 4.69) is 15.5 Å². The Labute approximate surface area is 155 Å². The molecule has 1 aromatic heterocycles. The van der Waals surface area contributed by atoms with Crippen LogP contribution in [0.3, 0.4) is 0 Å². The van der Waals surface area contributed by atoms with Crippen LogP contribution in [0.2, 0.25) is 0 Å². The van der Waals surface area contributed by atoms with Gasteiger partial charge in [0.2, 0.25) is 0 Å². The lowest BCUT2D eigenvalue weighted by Gasteiger charge is -2.08. The largest absolute Gasteiger partial charge is 0.507 e. The van der Waals surface area contributed by atoms with E-state index in [1.807, 2.05) is 54.6 Å². The van der Waals surface area contributed by atoms with Crippen LogP contribution in [-0.2, 0) is 11.3 Å². The molecule has 1 amide bonds. The summed E-state index contributed by atoms with van der Waals surface area (Å²) < 4.78 is 1.77. The lowest BCUT2D eigenvalue weighted by atomic mass is 10.0. The van der Waals surface area contributed by atoms with Crippen molar-refractivity contribution in [2.75, 3.05) is 0 Å². The summed E-state index contributed by atoms with van der Waals surface area (Å²) in [6.45, 7) is 1.86. The molecule has 0 aliphatic rings. The molecule has 4 rings (SSSR count). The van der Waals surface area contributed by atoms with Crippen LogP contribution in [0.5, 0.6) is 5.75 Å². The zero-order valence-electron chi connectivity index (χ0n) is 14.8. The Balaban J connectivity index is 1.52. The van der Waals surface area contributed by atoms with Crippen molar-refractivity contribution in [3.8, 4) is 5.75 Å². The number of benzene rings is 3. The highest BCUT2D eigenvalue weighted by Crippen LogP contribution is 2.28. The highest BCUT2D eigenvalue weighted by atomic mass is 16.3. The Morgan fingerprint density at radius 3 is 2.78 bits per heavy atom. The van der Waals surface area contributed by atoms with Crippen molar-refractivity contribution in [1.82, 2.24) is 15.0 Å². The second kappa shape index (κ2) is 6.92. The number of carbonyl (C=O) groups excluding carboxylic acids is 1. The molecule has 27 heavy (non-hydrogen) atoms. The zero-order chi connectivity index (χ0) is 18.8. The van der Waals surface area contributed by atoms with Gasteiger partial charge in [0.05, 0.1) is 23.1 Å². The number of hydrogen-bond donors (Lipinski definition) is 2. The topological polar surface area (TPSA) is 79.5 Å². The minimum Gasteiger partial charge on any atom is -0.507 e. The molecule has 134 valence electrons. The number of aromatic hydroxyl groups is 1. The van der Waals surface area contributed by atoms with Gasteiger partial charge in [-0.05, 0) is 30.5 Å². The first kappa shape index (κ1) is 16.8. The number of imidazole rings is 1. The van der Waals surface area contributed by atoms with E-state index in [4.69, 9.17) is 0 Å². The standard InChI is InChI=1S/C21H18N4O2/c1-14(16-11-10-15-6-2-3-7-17(15)21(16)27)23-24-20(26)12-25-13-22-18-8-4-5-9-19(18)25/h2-11,13,27H,12H2,1H3,(H,24,26)/b23-14+. The summed E-state index contributed by atoms with van der Waals surface area (Å²) in [5.74, 6) is -0.109. The first-order valence-corrected chi connectivity index (χ1v) is 8.57. The van der Waals surface area contributed by atoms with Gasteiger partial charge in [-0.2, -0.15) is 5.10 Å². The molecule has 0 bridgehead atoms. The van der Waals surface area contributed by atoms with Crippen LogP contribution in [0.25, 0.3) is 21.8 Å². The Bertz CT molecular complexity index is 1180. The number of nitrogens with one attached hydrogen (secondary N) is 1. The van der Waals surface area contributed by atoms with E-state index >= 15 is 0 Å². The Hall–Kier alpha value is -3.67. The minimum absolute atomic E-state index is 0.112. The van der Waals surface area contributed by atoms with E-state index in [9.17, 15) is 9.90 Å². The highest BCUT2D eigenvalue weighted by molar-refractivity contribution is 6.06. The predicted molar refractivity (Wildman–Crippen MR) is 106 cm³/mol. The Morgan fingerprint density at radius 1 is 1.11 bits per heavy atom. The van der Waals surface area contributed by atoms with Crippen molar-refractivity contribution >= 4 is 33.4 Å². The van der Waals surface area contributed by atoms with Crippen molar-refractivity contribution in [2.45, 2.75) is 13.5 Å². The maximum atomic E-state index is 12.3. The molecule has 0 aliphatic heterocycles. The summed E-state index contributed by atoms with van der Waals surface area (Å²) in [6, 6.07) is 18.9. The number of phenolic OH excluding ortho intramolecular Hbond substituents is 1. The SMILES string of the molecule is C/C(=N\NC(=O)Cn1cnc2ccccc21)c1ccc2ccccc2c1O. The molecule has 3 aromatic carbocycles. The number of para-hydroxylation sites is 2. The summed E-state index contributed by atoms with van der Waals surface area (Å²) in [7, 11) is 0. The van der Waals surface area contributed by atoms with Crippen molar-refractivity contribution in [3.63, 3.8) is 0 Å². The molecule has 0 spiro atoms. The van der Waals surface area contributed by atoms with Gasteiger partial charge in [0.15, 0.2) is 0 Å². The van der Waals surface area contributed by atoms with E-state index in [-0.39, 0.29) is 18.2 Å². The van der Waals surface area contributed by atoms with E-state index < -0.39 is 0 Å². The van der Waals surface area contributed by atoms with Crippen LogP contribution < -0.4 is 5.43 Å². The van der Waals surface area contributed by atoms with Gasteiger partial charge >= 0.3 is 0 Å². The van der Waals surface area contributed by atoms with Gasteiger partial charge in [-0.25, -0.2) is 10.4 Å². The minimum atomic E-state index is -0.266. The highest BCUT2D eigenvalue weighted by Gasteiger charge is 2.10. The molecule has 6 nitrogen and oxygen atoms in total. The maximum absolute atomic E-state index is 12.3. The first-order valence-electron chi connectivity index (χ1n) is 8.57. The number of fused-ring (bicyclic) bond motifs is 2. The van der Waals surface area contributed by atoms with Crippen molar-refractivity contribution < 1.29 is 9.90 Å². The third-order valence-corrected chi connectivity index (χ3v) is 4.48. The molecular weight excluding hydrogens is 340 g/mol. The van der Waals surface area contributed by atoms with Gasteiger partial charge < -0.3 is 9.67 Å². The normalized spacial score (nSPS) is 11.8. The molecule has 0 atom stereocenters. The van der Waals surface area contributed by atoms with Crippen molar-refractivity contribution in [3.05, 3.63) is 72.6 Å². The molecule has 6 heteroatoms. The average molecular weight is 358 g/mol. The quantitative estimate of drug-likeness (QED) is 0.433. The number of nitrogens with zero attached hydrogens (tertiary/aromatic N) is 3. The molecule has 0 aliphatic carbocycles. The number of amides is 1. The summed E-state index contributed by atoms with van der Waals surface area (Å²) >= 11 is 0. The van der Waals surface area contributed by atoms with Gasteiger partial charge in [0, 0.05) is 10.9 Å². The van der Waals surface area contributed by atoms with Crippen LogP contribution in [0.1, 0.15) is 12.5 Å². The maximum Gasteiger partial charge on any atom is 0.260 e. The number of hydrogen-bond acceptors (Lipinski definition) is 4. The first-order chi connectivity index (χ1) is 13.1. The van der Waals surface area contributed by atoms with E-state index in [0.29, 0.717) is 11.3 Å². The van der Waals surface area contributed by atoms with Gasteiger partial charge in [0.25, 0.3) is 5.91 Å². The zero-order valence-corrected chi connectivity index (χ0v) is 14.8. The number of hydrazone groups is 1. The molecule has 4 aromatic rings. The van der Waals surface area contributed by atoms with Crippen molar-refractivity contribution in [1.29, 1.82) is 0 Å². The summed E-state index contributed by atoms with van der Waals surface area (Å²) in [4.78, 5) is 16.5. The number of aromatic nitrogens is 2. The molecular formula is C21H18N4O2. The molecule has 0 saturated heterocycles. The fourth-order valence-corrected chi connectivity index (χ4v) is 3.08. The van der Waals surface area contributed by atoms with Gasteiger partial charge in [-0.1, -0.05) is 42.5 Å². The van der Waals surface area contributed by atoms with Crippen LogP contribution in [-0.4, -0.2) is 26.3 Å². The van der Waals surface area contributed by atoms with Gasteiger partial charge in [-0.3, -0.25) is 4.79 Å². The monoisotopic (exact) mass is 358 g/mol. The molecule has 0 unspecified atom stereocenters. The number of rotatable bonds is 4. The van der Waals surface area contributed by atoms with Crippen LogP contribution in [0, 0.1) is 0 Å². The fourth-order valence-electron chi connectivity index (χ4n) is 3.08. The summed E-state index contributed by atoms with van der Waals surface area (Å²) in [5, 5.41) is 16.3. The second-order valence-corrected chi connectivity index (χ2v) is 6.28. The third-order valence-electron chi connectivity index (χ3n) is 4.48. The molecule has 0 fully saturated rings. The van der Waals surface area contributed by atoms with E-state index in [0.717, 1.165) is 21.8 Å². The molecule has 1 heterocycles. The average Bonchev–Trinajstić information content (AvgIpc) is 3.09. The van der Waals surface area contributed by atoms with E-state index in [1.165, 1.54) is 0 Å². The lowest BCUT2D eigenvalue weighted by Crippen LogP contribution is -2.24. The Kier molecular flexibility index (Phi) is 4.30.